The summed E-state index contributed by atoms with van der Waals surface area (Å²) in [6.07, 6.45) is 3.90. The first-order valence-electron chi connectivity index (χ1n) is 9.82. The monoisotopic (exact) mass is 362 g/mol. The minimum atomic E-state index is -0.163. The lowest BCUT2D eigenvalue weighted by Crippen LogP contribution is -3.12. The number of nitrogens with one attached hydrogen (secondary N) is 1. The molecule has 0 spiro atoms. The van der Waals surface area contributed by atoms with Gasteiger partial charge < -0.3 is 9.15 Å². The van der Waals surface area contributed by atoms with Crippen LogP contribution in [0.5, 0.6) is 5.75 Å². The predicted molar refractivity (Wildman–Crippen MR) is 104 cm³/mol. The van der Waals surface area contributed by atoms with E-state index >= 15 is 0 Å². The lowest BCUT2D eigenvalue weighted by Gasteiger charge is -2.27. The van der Waals surface area contributed by atoms with E-state index in [1.54, 1.807) is 0 Å². The van der Waals surface area contributed by atoms with Gasteiger partial charge in [0, 0.05) is 28.5 Å². The highest BCUT2D eigenvalue weighted by Crippen LogP contribution is 2.36. The SMILES string of the molecule is Cc1c2c(cc3c4c(c(=O)oc13)CCC4)C[NH+](CCc1ccccc1)CO2. The van der Waals surface area contributed by atoms with Crippen molar-refractivity contribution in [3.63, 3.8) is 0 Å². The normalized spacial score (nSPS) is 18.2. The smallest absolute Gasteiger partial charge is 0.339 e. The molecule has 1 aliphatic carbocycles. The van der Waals surface area contributed by atoms with Crippen molar-refractivity contribution >= 4 is 11.0 Å². The molecule has 138 valence electrons. The van der Waals surface area contributed by atoms with Crippen LogP contribution in [0, 0.1) is 6.92 Å². The van der Waals surface area contributed by atoms with Gasteiger partial charge in [0.1, 0.15) is 17.9 Å². The van der Waals surface area contributed by atoms with E-state index in [1.165, 1.54) is 21.6 Å². The Labute approximate surface area is 158 Å². The molecule has 1 N–H and O–H groups in total. The summed E-state index contributed by atoms with van der Waals surface area (Å²) in [5.74, 6) is 0.909. The summed E-state index contributed by atoms with van der Waals surface area (Å²) in [4.78, 5) is 13.7. The van der Waals surface area contributed by atoms with E-state index in [0.29, 0.717) is 12.3 Å². The van der Waals surface area contributed by atoms with E-state index in [9.17, 15) is 4.79 Å². The molecule has 1 aromatic heterocycles. The van der Waals surface area contributed by atoms with Crippen LogP contribution in [0.2, 0.25) is 0 Å². The van der Waals surface area contributed by atoms with Gasteiger partial charge >= 0.3 is 5.63 Å². The van der Waals surface area contributed by atoms with Crippen molar-refractivity contribution < 1.29 is 14.1 Å². The largest absolute Gasteiger partial charge is 0.444 e. The molecule has 2 aromatic carbocycles. The molecule has 1 atom stereocenters. The average Bonchev–Trinajstić information content (AvgIpc) is 3.19. The van der Waals surface area contributed by atoms with Crippen molar-refractivity contribution in [2.75, 3.05) is 13.3 Å². The minimum Gasteiger partial charge on any atom is -0.444 e. The van der Waals surface area contributed by atoms with Gasteiger partial charge in [-0.05, 0) is 43.4 Å². The summed E-state index contributed by atoms with van der Waals surface area (Å²) in [6.45, 7) is 4.66. The van der Waals surface area contributed by atoms with Crippen LogP contribution in [0.3, 0.4) is 0 Å². The molecule has 0 saturated carbocycles. The summed E-state index contributed by atoms with van der Waals surface area (Å²) in [5, 5.41) is 1.12. The number of hydrogen-bond acceptors (Lipinski definition) is 3. The van der Waals surface area contributed by atoms with Crippen LogP contribution in [-0.2, 0) is 25.8 Å². The summed E-state index contributed by atoms with van der Waals surface area (Å²) >= 11 is 0. The van der Waals surface area contributed by atoms with Crippen molar-refractivity contribution in [3.05, 3.63) is 74.6 Å². The Morgan fingerprint density at radius 2 is 1.93 bits per heavy atom. The third kappa shape index (κ3) is 2.85. The lowest BCUT2D eigenvalue weighted by atomic mass is 9.99. The number of fused-ring (bicyclic) bond motifs is 4. The zero-order valence-electron chi connectivity index (χ0n) is 15.6. The van der Waals surface area contributed by atoms with Crippen LogP contribution in [0.25, 0.3) is 11.0 Å². The van der Waals surface area contributed by atoms with Crippen LogP contribution in [0.1, 0.15) is 34.2 Å². The van der Waals surface area contributed by atoms with E-state index in [4.69, 9.17) is 9.15 Å². The van der Waals surface area contributed by atoms with Gasteiger partial charge in [-0.2, -0.15) is 0 Å². The molecule has 1 unspecified atom stereocenters. The van der Waals surface area contributed by atoms with Gasteiger partial charge in [0.15, 0.2) is 0 Å². The molecular formula is C23H24NO3+. The topological polar surface area (TPSA) is 43.9 Å². The van der Waals surface area contributed by atoms with Gasteiger partial charge in [0.2, 0.25) is 6.73 Å². The van der Waals surface area contributed by atoms with Gasteiger partial charge in [0.05, 0.1) is 6.54 Å². The molecule has 2 aliphatic rings. The minimum absolute atomic E-state index is 0.163. The first kappa shape index (κ1) is 16.6. The second-order valence-corrected chi connectivity index (χ2v) is 7.77. The Morgan fingerprint density at radius 1 is 1.11 bits per heavy atom. The molecule has 3 aromatic rings. The zero-order valence-corrected chi connectivity index (χ0v) is 15.6. The number of hydrogen-bond donors (Lipinski definition) is 1. The first-order valence-corrected chi connectivity index (χ1v) is 9.82. The van der Waals surface area contributed by atoms with Crippen LogP contribution < -0.4 is 15.3 Å². The van der Waals surface area contributed by atoms with Gasteiger partial charge in [0.25, 0.3) is 0 Å². The first-order chi connectivity index (χ1) is 13.2. The Hall–Kier alpha value is -2.59. The Bertz CT molecular complexity index is 1070. The fraction of sp³-hybridized carbons (Fsp3) is 0.348. The Morgan fingerprint density at radius 3 is 2.78 bits per heavy atom. The van der Waals surface area contributed by atoms with Gasteiger partial charge in [-0.25, -0.2) is 4.79 Å². The summed E-state index contributed by atoms with van der Waals surface area (Å²) in [6, 6.07) is 12.8. The number of quaternary nitrogens is 1. The Balaban J connectivity index is 1.47. The van der Waals surface area contributed by atoms with E-state index in [2.05, 4.69) is 36.4 Å². The number of benzene rings is 2. The molecule has 0 amide bonds. The maximum absolute atomic E-state index is 12.3. The zero-order chi connectivity index (χ0) is 18.4. The van der Waals surface area contributed by atoms with Crippen molar-refractivity contribution in [3.8, 4) is 5.75 Å². The van der Waals surface area contributed by atoms with E-state index in [-0.39, 0.29) is 5.63 Å². The number of rotatable bonds is 3. The third-order valence-electron chi connectivity index (χ3n) is 5.99. The van der Waals surface area contributed by atoms with Gasteiger partial charge in [-0.1, -0.05) is 30.3 Å². The highest BCUT2D eigenvalue weighted by Gasteiger charge is 2.27. The van der Waals surface area contributed by atoms with Crippen molar-refractivity contribution in [2.24, 2.45) is 0 Å². The maximum Gasteiger partial charge on any atom is 0.339 e. The molecule has 2 heterocycles. The second kappa shape index (κ2) is 6.54. The molecular weight excluding hydrogens is 338 g/mol. The second-order valence-electron chi connectivity index (χ2n) is 7.77. The number of ether oxygens (including phenoxy) is 1. The van der Waals surface area contributed by atoms with Crippen LogP contribution in [0.4, 0.5) is 0 Å². The molecule has 0 radical (unpaired) electrons. The third-order valence-corrected chi connectivity index (χ3v) is 5.99. The summed E-state index contributed by atoms with van der Waals surface area (Å²) < 4.78 is 11.8. The van der Waals surface area contributed by atoms with Crippen molar-refractivity contribution in [1.29, 1.82) is 0 Å². The molecule has 27 heavy (non-hydrogen) atoms. The van der Waals surface area contributed by atoms with Crippen LogP contribution in [0.15, 0.2) is 45.6 Å². The molecule has 0 fully saturated rings. The average molecular weight is 362 g/mol. The van der Waals surface area contributed by atoms with Gasteiger partial charge in [-0.15, -0.1) is 0 Å². The standard InChI is InChI=1S/C23H23NO3/c1-15-21-17(12-20-18-8-5-9-19(18)23(25)27-22(15)20)13-24(14-26-21)11-10-16-6-3-2-4-7-16/h2-4,6-7,12H,5,8-11,13-14H2,1H3/p+1. The lowest BCUT2D eigenvalue weighted by molar-refractivity contribution is -0.932. The highest BCUT2D eigenvalue weighted by atomic mass is 16.5. The summed E-state index contributed by atoms with van der Waals surface area (Å²) in [5.41, 5.74) is 6.20. The molecule has 0 bridgehead atoms. The molecule has 4 nitrogen and oxygen atoms in total. The van der Waals surface area contributed by atoms with Crippen molar-refractivity contribution in [2.45, 2.75) is 39.2 Å². The quantitative estimate of drug-likeness (QED) is 0.729. The predicted octanol–water partition coefficient (Wildman–Crippen LogP) is 2.57. The number of aryl methyl sites for hydroxylation is 2. The fourth-order valence-corrected chi connectivity index (χ4v) is 4.58. The fourth-order valence-electron chi connectivity index (χ4n) is 4.58. The van der Waals surface area contributed by atoms with E-state index in [0.717, 1.165) is 61.0 Å². The molecule has 1 aliphatic heterocycles. The molecule has 0 saturated heterocycles. The Kier molecular flexibility index (Phi) is 4.01. The van der Waals surface area contributed by atoms with Gasteiger partial charge in [-0.3, -0.25) is 4.90 Å². The van der Waals surface area contributed by atoms with E-state index in [1.807, 2.05) is 6.92 Å². The molecule has 5 rings (SSSR count). The molecule has 4 heteroatoms. The summed E-state index contributed by atoms with van der Waals surface area (Å²) in [7, 11) is 0. The van der Waals surface area contributed by atoms with E-state index < -0.39 is 0 Å². The van der Waals surface area contributed by atoms with Crippen molar-refractivity contribution in [1.82, 2.24) is 0 Å². The van der Waals surface area contributed by atoms with Crippen LogP contribution >= 0.6 is 0 Å². The highest BCUT2D eigenvalue weighted by molar-refractivity contribution is 5.87. The van der Waals surface area contributed by atoms with Crippen LogP contribution in [-0.4, -0.2) is 13.3 Å². The maximum atomic E-state index is 12.3.